The fourth-order valence-corrected chi connectivity index (χ4v) is 2.02. The highest BCUT2D eigenvalue weighted by molar-refractivity contribution is 9.10. The van der Waals surface area contributed by atoms with Crippen molar-refractivity contribution in [2.24, 2.45) is 7.05 Å². The van der Waals surface area contributed by atoms with Gasteiger partial charge in [0.1, 0.15) is 5.69 Å². The van der Waals surface area contributed by atoms with Crippen LogP contribution in [-0.4, -0.2) is 20.8 Å². The Labute approximate surface area is 102 Å². The Morgan fingerprint density at radius 1 is 1.53 bits per heavy atom. The highest BCUT2D eigenvalue weighted by Crippen LogP contribution is 2.23. The Bertz CT molecular complexity index is 498. The first-order chi connectivity index (χ1) is 7.11. The van der Waals surface area contributed by atoms with Gasteiger partial charge in [-0.2, -0.15) is 0 Å². The van der Waals surface area contributed by atoms with Crippen LogP contribution in [0.4, 0.5) is 0 Å². The lowest BCUT2D eigenvalue weighted by Crippen LogP contribution is -2.08. The van der Waals surface area contributed by atoms with Gasteiger partial charge >= 0.3 is 0 Å². The van der Waals surface area contributed by atoms with Crippen molar-refractivity contribution in [3.63, 3.8) is 0 Å². The largest absolute Gasteiger partial charge is 0.460 e. The van der Waals surface area contributed by atoms with E-state index in [0.29, 0.717) is 14.8 Å². The minimum Gasteiger partial charge on any atom is -0.460 e. The van der Waals surface area contributed by atoms with Crippen LogP contribution in [0, 0.1) is 0 Å². The number of aromatic nitrogens is 3. The molecule has 0 fully saturated rings. The second-order valence-corrected chi connectivity index (χ2v) is 4.38. The lowest BCUT2D eigenvalue weighted by atomic mass is 10.2. The van der Waals surface area contributed by atoms with Gasteiger partial charge in [-0.05, 0) is 37.9 Å². The van der Waals surface area contributed by atoms with Gasteiger partial charge < -0.3 is 4.42 Å². The molecule has 0 aliphatic rings. The molecule has 78 valence electrons. The third kappa shape index (κ3) is 1.76. The van der Waals surface area contributed by atoms with E-state index in [1.165, 1.54) is 10.9 Å². The molecule has 0 atom stereocenters. The van der Waals surface area contributed by atoms with Crippen LogP contribution in [0.3, 0.4) is 0 Å². The summed E-state index contributed by atoms with van der Waals surface area (Å²) in [5.41, 5.74) is 0.352. The molecule has 2 heterocycles. The summed E-state index contributed by atoms with van der Waals surface area (Å²) in [6.45, 7) is 0. The summed E-state index contributed by atoms with van der Waals surface area (Å²) in [5.74, 6) is -0.0349. The molecular weight excluding hydrogens is 330 g/mol. The minimum atomic E-state index is -0.272. The smallest absolute Gasteiger partial charge is 0.250 e. The molecule has 0 saturated heterocycles. The van der Waals surface area contributed by atoms with Crippen molar-refractivity contribution in [2.75, 3.05) is 0 Å². The number of nitrogens with zero attached hydrogens (tertiary/aromatic N) is 3. The molecule has 5 nitrogen and oxygen atoms in total. The van der Waals surface area contributed by atoms with Crippen LogP contribution < -0.4 is 0 Å². The number of aryl methyl sites for hydroxylation is 1. The molecule has 2 rings (SSSR count). The quantitative estimate of drug-likeness (QED) is 0.790. The molecule has 0 bridgehead atoms. The van der Waals surface area contributed by atoms with E-state index in [-0.39, 0.29) is 11.5 Å². The SMILES string of the molecule is Cn1nnc(Br)c1C(=O)c1occc1Br. The molecule has 0 aliphatic heterocycles. The van der Waals surface area contributed by atoms with Crippen molar-refractivity contribution in [2.45, 2.75) is 0 Å². The molecule has 2 aromatic heterocycles. The van der Waals surface area contributed by atoms with Crippen LogP contribution in [0.25, 0.3) is 0 Å². The molecule has 0 radical (unpaired) electrons. The topological polar surface area (TPSA) is 60.9 Å². The first kappa shape index (κ1) is 10.6. The predicted octanol–water partition coefficient (Wildman–Crippen LogP) is 2.16. The molecule has 2 aromatic rings. The Morgan fingerprint density at radius 2 is 2.27 bits per heavy atom. The molecule has 0 unspecified atom stereocenters. The maximum atomic E-state index is 12.0. The molecule has 0 spiro atoms. The van der Waals surface area contributed by atoms with Gasteiger partial charge in [-0.15, -0.1) is 5.10 Å². The monoisotopic (exact) mass is 333 g/mol. The molecule has 0 aromatic carbocycles. The summed E-state index contributed by atoms with van der Waals surface area (Å²) in [4.78, 5) is 12.0. The van der Waals surface area contributed by atoms with E-state index in [1.54, 1.807) is 13.1 Å². The van der Waals surface area contributed by atoms with E-state index in [9.17, 15) is 4.79 Å². The Kier molecular flexibility index (Phi) is 2.74. The number of ketones is 1. The minimum absolute atomic E-state index is 0.237. The first-order valence-electron chi connectivity index (χ1n) is 3.94. The van der Waals surface area contributed by atoms with E-state index < -0.39 is 0 Å². The summed E-state index contributed by atoms with van der Waals surface area (Å²) in [5, 5.41) is 7.45. The van der Waals surface area contributed by atoms with E-state index in [1.807, 2.05) is 0 Å². The van der Waals surface area contributed by atoms with E-state index in [2.05, 4.69) is 42.2 Å². The second kappa shape index (κ2) is 3.90. The van der Waals surface area contributed by atoms with Crippen LogP contribution in [0.1, 0.15) is 16.2 Å². The predicted molar refractivity (Wildman–Crippen MR) is 58.5 cm³/mol. The number of furan rings is 1. The zero-order chi connectivity index (χ0) is 11.0. The molecule has 0 aliphatic carbocycles. The molecular formula is C8H5Br2N3O2. The Balaban J connectivity index is 2.50. The van der Waals surface area contributed by atoms with E-state index in [4.69, 9.17) is 4.42 Å². The maximum absolute atomic E-state index is 12.0. The number of rotatable bonds is 2. The van der Waals surface area contributed by atoms with Gasteiger partial charge in [-0.3, -0.25) is 4.79 Å². The maximum Gasteiger partial charge on any atom is 0.250 e. The van der Waals surface area contributed by atoms with Crippen molar-refractivity contribution in [3.05, 3.63) is 32.9 Å². The Hall–Kier alpha value is -0.950. The van der Waals surface area contributed by atoms with Crippen molar-refractivity contribution in [1.29, 1.82) is 0 Å². The summed E-state index contributed by atoms with van der Waals surface area (Å²) >= 11 is 6.38. The summed E-state index contributed by atoms with van der Waals surface area (Å²) < 4.78 is 7.48. The highest BCUT2D eigenvalue weighted by Gasteiger charge is 2.23. The fourth-order valence-electron chi connectivity index (χ4n) is 1.14. The van der Waals surface area contributed by atoms with Crippen molar-refractivity contribution in [3.8, 4) is 0 Å². The number of hydrogen-bond donors (Lipinski definition) is 0. The Morgan fingerprint density at radius 3 is 2.73 bits per heavy atom. The molecule has 15 heavy (non-hydrogen) atoms. The standard InChI is InChI=1S/C8H5Br2N3O2/c1-13-5(8(10)11-12-13)6(14)7-4(9)2-3-15-7/h2-3H,1H3. The van der Waals surface area contributed by atoms with Gasteiger partial charge in [-0.1, -0.05) is 5.21 Å². The summed E-state index contributed by atoms with van der Waals surface area (Å²) in [6.07, 6.45) is 1.44. The van der Waals surface area contributed by atoms with Gasteiger partial charge in [0.2, 0.25) is 5.78 Å². The van der Waals surface area contributed by atoms with E-state index >= 15 is 0 Å². The zero-order valence-corrected chi connectivity index (χ0v) is 10.7. The van der Waals surface area contributed by atoms with Gasteiger partial charge in [0.15, 0.2) is 10.4 Å². The summed E-state index contributed by atoms with van der Waals surface area (Å²) in [6, 6.07) is 1.66. The average Bonchev–Trinajstić information content (AvgIpc) is 2.73. The van der Waals surface area contributed by atoms with Gasteiger partial charge in [0, 0.05) is 7.05 Å². The van der Waals surface area contributed by atoms with Crippen LogP contribution in [-0.2, 0) is 7.05 Å². The first-order valence-corrected chi connectivity index (χ1v) is 5.52. The third-order valence-electron chi connectivity index (χ3n) is 1.82. The van der Waals surface area contributed by atoms with Gasteiger partial charge in [0.25, 0.3) is 0 Å². The number of carbonyl (C=O) groups is 1. The third-order valence-corrected chi connectivity index (χ3v) is 2.98. The van der Waals surface area contributed by atoms with Gasteiger partial charge in [0.05, 0.1) is 10.7 Å². The highest BCUT2D eigenvalue weighted by atomic mass is 79.9. The van der Waals surface area contributed by atoms with Crippen LogP contribution in [0.5, 0.6) is 0 Å². The molecule has 7 heteroatoms. The molecule has 0 N–H and O–H groups in total. The molecule has 0 amide bonds. The van der Waals surface area contributed by atoms with Crippen LogP contribution in [0.15, 0.2) is 25.8 Å². The van der Waals surface area contributed by atoms with Crippen molar-refractivity contribution < 1.29 is 9.21 Å². The van der Waals surface area contributed by atoms with E-state index in [0.717, 1.165) is 0 Å². The lowest BCUT2D eigenvalue weighted by Gasteiger charge is -1.98. The van der Waals surface area contributed by atoms with Crippen molar-refractivity contribution >= 4 is 37.6 Å². The number of hydrogen-bond acceptors (Lipinski definition) is 4. The average molecular weight is 335 g/mol. The zero-order valence-electron chi connectivity index (χ0n) is 7.57. The van der Waals surface area contributed by atoms with Crippen LogP contribution >= 0.6 is 31.9 Å². The lowest BCUT2D eigenvalue weighted by molar-refractivity contribution is 0.0998. The number of halogens is 2. The normalized spacial score (nSPS) is 10.6. The summed E-state index contributed by atoms with van der Waals surface area (Å²) in [7, 11) is 1.64. The number of carbonyl (C=O) groups excluding carboxylic acids is 1. The van der Waals surface area contributed by atoms with Crippen LogP contribution in [0.2, 0.25) is 0 Å². The molecule has 0 saturated carbocycles. The fraction of sp³-hybridized carbons (Fsp3) is 0.125. The second-order valence-electron chi connectivity index (χ2n) is 2.78. The van der Waals surface area contributed by atoms with Crippen molar-refractivity contribution in [1.82, 2.24) is 15.0 Å². The van der Waals surface area contributed by atoms with Gasteiger partial charge in [-0.25, -0.2) is 4.68 Å².